The van der Waals surface area contributed by atoms with Crippen LogP contribution in [0.25, 0.3) is 0 Å². The van der Waals surface area contributed by atoms with Gasteiger partial charge < -0.3 is 0 Å². The Morgan fingerprint density at radius 2 is 2.00 bits per heavy atom. The molecular formula is C17H26N2. The predicted molar refractivity (Wildman–Crippen MR) is 78.0 cm³/mol. The Labute approximate surface area is 117 Å². The summed E-state index contributed by atoms with van der Waals surface area (Å²) in [7, 11) is 0. The molecule has 1 heterocycles. The molecule has 0 aromatic carbocycles. The summed E-state index contributed by atoms with van der Waals surface area (Å²) < 4.78 is 0. The molecule has 0 spiro atoms. The number of rotatable bonds is 3. The van der Waals surface area contributed by atoms with Crippen molar-refractivity contribution in [3.05, 3.63) is 23.0 Å². The van der Waals surface area contributed by atoms with Gasteiger partial charge in [0.2, 0.25) is 0 Å². The molecule has 4 unspecified atom stereocenters. The minimum absolute atomic E-state index is 0.929. The van der Waals surface area contributed by atoms with E-state index in [1.807, 2.05) is 6.20 Å². The molecular weight excluding hydrogens is 232 g/mol. The molecule has 1 aromatic heterocycles. The van der Waals surface area contributed by atoms with Gasteiger partial charge in [-0.1, -0.05) is 26.7 Å². The Balaban J connectivity index is 1.72. The Morgan fingerprint density at radius 3 is 2.74 bits per heavy atom. The number of nitrogens with zero attached hydrogens (tertiary/aromatic N) is 2. The first-order valence-electron chi connectivity index (χ1n) is 8.02. The lowest BCUT2D eigenvalue weighted by Crippen LogP contribution is -2.06. The van der Waals surface area contributed by atoms with Gasteiger partial charge in [-0.3, -0.25) is 0 Å². The quantitative estimate of drug-likeness (QED) is 0.820. The van der Waals surface area contributed by atoms with Gasteiger partial charge in [-0.15, -0.1) is 0 Å². The van der Waals surface area contributed by atoms with E-state index >= 15 is 0 Å². The lowest BCUT2D eigenvalue weighted by atomic mass is 9.94. The number of aryl methyl sites for hydroxylation is 2. The molecule has 4 atom stereocenters. The maximum absolute atomic E-state index is 4.24. The molecule has 1 fully saturated rings. The fraction of sp³-hybridized carbons (Fsp3) is 0.765. The highest BCUT2D eigenvalue weighted by molar-refractivity contribution is 5.29. The Bertz CT molecular complexity index is 455. The van der Waals surface area contributed by atoms with E-state index in [1.54, 1.807) is 0 Å². The second kappa shape index (κ2) is 5.22. The average molecular weight is 258 g/mol. The third kappa shape index (κ3) is 2.42. The standard InChI is InChI=1S/C17H26N2/c1-4-5-11(2)17-15-7-6-13-10-18-19-12(3)14(13)8-9-16(15)17/h10-11,15-17H,4-9H2,1-3H3. The maximum atomic E-state index is 4.24. The highest BCUT2D eigenvalue weighted by Gasteiger charge is 2.51. The van der Waals surface area contributed by atoms with E-state index in [2.05, 4.69) is 31.0 Å². The van der Waals surface area contributed by atoms with E-state index in [9.17, 15) is 0 Å². The first kappa shape index (κ1) is 13.1. The van der Waals surface area contributed by atoms with Crippen molar-refractivity contribution in [3.8, 4) is 0 Å². The van der Waals surface area contributed by atoms with Crippen LogP contribution in [0.2, 0.25) is 0 Å². The van der Waals surface area contributed by atoms with Gasteiger partial charge in [-0.2, -0.15) is 10.2 Å². The molecule has 3 rings (SSSR count). The van der Waals surface area contributed by atoms with E-state index in [1.165, 1.54) is 49.7 Å². The van der Waals surface area contributed by atoms with Crippen molar-refractivity contribution < 1.29 is 0 Å². The van der Waals surface area contributed by atoms with Crippen LogP contribution in [0.4, 0.5) is 0 Å². The van der Waals surface area contributed by atoms with E-state index in [4.69, 9.17) is 0 Å². The number of aromatic nitrogens is 2. The van der Waals surface area contributed by atoms with Crippen LogP contribution in [0.3, 0.4) is 0 Å². The third-order valence-electron chi connectivity index (χ3n) is 5.52. The smallest absolute Gasteiger partial charge is 0.0634 e. The van der Waals surface area contributed by atoms with Crippen molar-refractivity contribution in [1.29, 1.82) is 0 Å². The Hall–Kier alpha value is -0.920. The summed E-state index contributed by atoms with van der Waals surface area (Å²) in [4.78, 5) is 0. The zero-order valence-electron chi connectivity index (χ0n) is 12.5. The molecule has 0 saturated heterocycles. The number of fused-ring (bicyclic) bond motifs is 2. The molecule has 104 valence electrons. The SMILES string of the molecule is CCCC(C)C1C2CCc3cnnc(C)c3CCC21. The minimum Gasteiger partial charge on any atom is -0.159 e. The van der Waals surface area contributed by atoms with Crippen LogP contribution in [0, 0.1) is 30.6 Å². The molecule has 2 nitrogen and oxygen atoms in total. The monoisotopic (exact) mass is 258 g/mol. The topological polar surface area (TPSA) is 25.8 Å². The summed E-state index contributed by atoms with van der Waals surface area (Å²) in [5, 5.41) is 8.38. The molecule has 0 aliphatic heterocycles. The minimum atomic E-state index is 0.929. The lowest BCUT2D eigenvalue weighted by Gasteiger charge is -2.13. The van der Waals surface area contributed by atoms with Gasteiger partial charge in [0, 0.05) is 0 Å². The molecule has 2 aliphatic rings. The highest BCUT2D eigenvalue weighted by atomic mass is 15.1. The summed E-state index contributed by atoms with van der Waals surface area (Å²) >= 11 is 0. The summed E-state index contributed by atoms with van der Waals surface area (Å²) in [5.41, 5.74) is 4.14. The summed E-state index contributed by atoms with van der Waals surface area (Å²) in [5.74, 6) is 3.94. The second-order valence-electron chi connectivity index (χ2n) is 6.68. The van der Waals surface area contributed by atoms with Crippen LogP contribution in [0.1, 0.15) is 56.4 Å². The van der Waals surface area contributed by atoms with Crippen LogP contribution < -0.4 is 0 Å². The van der Waals surface area contributed by atoms with Gasteiger partial charge >= 0.3 is 0 Å². The summed E-state index contributed by atoms with van der Waals surface area (Å²) in [6, 6.07) is 0. The zero-order chi connectivity index (χ0) is 13.4. The van der Waals surface area contributed by atoms with Crippen LogP contribution in [-0.2, 0) is 12.8 Å². The molecule has 0 radical (unpaired) electrons. The van der Waals surface area contributed by atoms with Crippen molar-refractivity contribution in [1.82, 2.24) is 10.2 Å². The van der Waals surface area contributed by atoms with Gasteiger partial charge in [0.25, 0.3) is 0 Å². The van der Waals surface area contributed by atoms with E-state index in [-0.39, 0.29) is 0 Å². The van der Waals surface area contributed by atoms with Crippen molar-refractivity contribution in [3.63, 3.8) is 0 Å². The maximum Gasteiger partial charge on any atom is 0.0634 e. The third-order valence-corrected chi connectivity index (χ3v) is 5.52. The van der Waals surface area contributed by atoms with Crippen LogP contribution in [-0.4, -0.2) is 10.2 Å². The number of hydrogen-bond donors (Lipinski definition) is 0. The molecule has 1 aromatic rings. The lowest BCUT2D eigenvalue weighted by molar-refractivity contribution is 0.417. The normalized spacial score (nSPS) is 30.8. The van der Waals surface area contributed by atoms with Crippen LogP contribution in [0.15, 0.2) is 6.20 Å². The van der Waals surface area contributed by atoms with E-state index in [0.29, 0.717) is 0 Å². The van der Waals surface area contributed by atoms with Crippen LogP contribution in [0.5, 0.6) is 0 Å². The van der Waals surface area contributed by atoms with Crippen molar-refractivity contribution >= 4 is 0 Å². The van der Waals surface area contributed by atoms with Crippen LogP contribution >= 0.6 is 0 Å². The molecule has 1 saturated carbocycles. The second-order valence-corrected chi connectivity index (χ2v) is 6.68. The molecule has 0 bridgehead atoms. The first-order valence-corrected chi connectivity index (χ1v) is 8.02. The molecule has 19 heavy (non-hydrogen) atoms. The summed E-state index contributed by atoms with van der Waals surface area (Å²) in [6.07, 6.45) is 9.96. The van der Waals surface area contributed by atoms with Gasteiger partial charge in [0.1, 0.15) is 0 Å². The zero-order valence-corrected chi connectivity index (χ0v) is 12.5. The van der Waals surface area contributed by atoms with Gasteiger partial charge in [0.15, 0.2) is 0 Å². The number of hydrogen-bond acceptors (Lipinski definition) is 2. The first-order chi connectivity index (χ1) is 9.22. The largest absolute Gasteiger partial charge is 0.159 e. The Kier molecular flexibility index (Phi) is 3.60. The van der Waals surface area contributed by atoms with Gasteiger partial charge in [-0.25, -0.2) is 0 Å². The van der Waals surface area contributed by atoms with E-state index < -0.39 is 0 Å². The average Bonchev–Trinajstić information content (AvgIpc) is 3.04. The van der Waals surface area contributed by atoms with Gasteiger partial charge in [-0.05, 0) is 67.4 Å². The summed E-state index contributed by atoms with van der Waals surface area (Å²) in [6.45, 7) is 6.91. The van der Waals surface area contributed by atoms with Crippen molar-refractivity contribution in [2.24, 2.45) is 23.7 Å². The molecule has 2 aliphatic carbocycles. The van der Waals surface area contributed by atoms with Crippen molar-refractivity contribution in [2.75, 3.05) is 0 Å². The fourth-order valence-corrected chi connectivity index (χ4v) is 4.53. The molecule has 0 amide bonds. The fourth-order valence-electron chi connectivity index (χ4n) is 4.53. The predicted octanol–water partition coefficient (Wildman–Crippen LogP) is 3.96. The molecule has 2 heteroatoms. The van der Waals surface area contributed by atoms with E-state index in [0.717, 1.165) is 29.4 Å². The van der Waals surface area contributed by atoms with Gasteiger partial charge in [0.05, 0.1) is 11.9 Å². The highest BCUT2D eigenvalue weighted by Crippen LogP contribution is 2.57. The Morgan fingerprint density at radius 1 is 1.26 bits per heavy atom. The molecule has 0 N–H and O–H groups in total. The van der Waals surface area contributed by atoms with Crippen molar-refractivity contribution in [2.45, 2.75) is 59.3 Å².